The van der Waals surface area contributed by atoms with Gasteiger partial charge in [-0.1, -0.05) is 15.9 Å². The zero-order valence-corrected chi connectivity index (χ0v) is 19.5. The second kappa shape index (κ2) is 8.91. The van der Waals surface area contributed by atoms with Crippen molar-refractivity contribution in [1.29, 1.82) is 0 Å². The molecule has 0 saturated heterocycles. The third kappa shape index (κ3) is 4.33. The number of amides is 1. The van der Waals surface area contributed by atoms with E-state index in [1.54, 1.807) is 25.1 Å². The molecule has 0 fully saturated rings. The van der Waals surface area contributed by atoms with Crippen LogP contribution in [0.3, 0.4) is 0 Å². The average molecular weight is 499 g/mol. The number of nitrogens with zero attached hydrogens (tertiary/aromatic N) is 3. The molecule has 0 atom stereocenters. The Bertz CT molecular complexity index is 1230. The van der Waals surface area contributed by atoms with Gasteiger partial charge >= 0.3 is 0 Å². The summed E-state index contributed by atoms with van der Waals surface area (Å²) in [5.74, 6) is 1.11. The fourth-order valence-corrected chi connectivity index (χ4v) is 4.08. The lowest BCUT2D eigenvalue weighted by Gasteiger charge is -2.08. The number of rotatable bonds is 6. The zero-order chi connectivity index (χ0) is 22.0. The standard InChI is InChI=1S/C22H19BrN4O3S/c1-13-18(11-24-27(13)15-6-4-14(23)5-7-15)21(28)26-22-25-19(12-31-22)17-10-16(29-2)8-9-20(17)30-3/h4-12H,1-3H3,(H,25,26,28). The van der Waals surface area contributed by atoms with Crippen LogP contribution in [-0.2, 0) is 0 Å². The maximum Gasteiger partial charge on any atom is 0.260 e. The molecule has 0 spiro atoms. The molecular formula is C22H19BrN4O3S. The summed E-state index contributed by atoms with van der Waals surface area (Å²) >= 11 is 4.76. The molecule has 1 N–H and O–H groups in total. The molecule has 0 bridgehead atoms. The molecule has 2 heterocycles. The monoisotopic (exact) mass is 498 g/mol. The minimum Gasteiger partial charge on any atom is -0.497 e. The van der Waals surface area contributed by atoms with Crippen LogP contribution < -0.4 is 14.8 Å². The van der Waals surface area contributed by atoms with Gasteiger partial charge in [0.05, 0.1) is 43.1 Å². The van der Waals surface area contributed by atoms with Gasteiger partial charge in [-0.2, -0.15) is 5.10 Å². The number of carbonyl (C=O) groups excluding carboxylic acids is 1. The van der Waals surface area contributed by atoms with Crippen molar-refractivity contribution in [2.24, 2.45) is 0 Å². The molecule has 0 aliphatic heterocycles. The van der Waals surface area contributed by atoms with Gasteiger partial charge in [0.25, 0.3) is 5.91 Å². The molecule has 4 aromatic rings. The predicted molar refractivity (Wildman–Crippen MR) is 125 cm³/mol. The van der Waals surface area contributed by atoms with Gasteiger partial charge in [0.1, 0.15) is 11.5 Å². The highest BCUT2D eigenvalue weighted by Gasteiger charge is 2.18. The highest BCUT2D eigenvalue weighted by atomic mass is 79.9. The molecule has 1 amide bonds. The van der Waals surface area contributed by atoms with E-state index in [4.69, 9.17) is 9.47 Å². The van der Waals surface area contributed by atoms with E-state index >= 15 is 0 Å². The van der Waals surface area contributed by atoms with Crippen molar-refractivity contribution >= 4 is 38.3 Å². The van der Waals surface area contributed by atoms with E-state index in [1.165, 1.54) is 11.3 Å². The number of benzene rings is 2. The minimum absolute atomic E-state index is 0.264. The number of hydrogen-bond acceptors (Lipinski definition) is 6. The van der Waals surface area contributed by atoms with Crippen LogP contribution >= 0.6 is 27.3 Å². The average Bonchev–Trinajstić information content (AvgIpc) is 3.40. The zero-order valence-electron chi connectivity index (χ0n) is 17.0. The topological polar surface area (TPSA) is 78.3 Å². The Morgan fingerprint density at radius 2 is 1.90 bits per heavy atom. The molecule has 2 aromatic heterocycles. The quantitative estimate of drug-likeness (QED) is 0.388. The Balaban J connectivity index is 1.56. The molecule has 2 aromatic carbocycles. The van der Waals surface area contributed by atoms with Crippen LogP contribution in [0.25, 0.3) is 16.9 Å². The maximum atomic E-state index is 12.9. The van der Waals surface area contributed by atoms with Gasteiger partial charge in [-0.25, -0.2) is 9.67 Å². The van der Waals surface area contributed by atoms with Gasteiger partial charge < -0.3 is 9.47 Å². The van der Waals surface area contributed by atoms with Crippen LogP contribution in [0, 0.1) is 6.92 Å². The Morgan fingerprint density at radius 3 is 2.61 bits per heavy atom. The summed E-state index contributed by atoms with van der Waals surface area (Å²) in [7, 11) is 3.21. The first-order valence-corrected chi connectivity index (χ1v) is 11.0. The van der Waals surface area contributed by atoms with Gasteiger partial charge in [-0.15, -0.1) is 11.3 Å². The van der Waals surface area contributed by atoms with Crippen LogP contribution in [0.2, 0.25) is 0 Å². The van der Waals surface area contributed by atoms with Crippen LogP contribution in [0.15, 0.2) is 58.5 Å². The third-order valence-electron chi connectivity index (χ3n) is 4.73. The molecule has 0 aliphatic carbocycles. The van der Waals surface area contributed by atoms with Crippen molar-refractivity contribution in [2.75, 3.05) is 19.5 Å². The summed E-state index contributed by atoms with van der Waals surface area (Å²) in [5.41, 5.74) is 3.59. The molecule has 0 saturated carbocycles. The largest absolute Gasteiger partial charge is 0.497 e. The number of methoxy groups -OCH3 is 2. The number of aromatic nitrogens is 3. The Labute approximate surface area is 191 Å². The van der Waals surface area contributed by atoms with Crippen LogP contribution in [0.1, 0.15) is 16.1 Å². The summed E-state index contributed by atoms with van der Waals surface area (Å²) in [6.45, 7) is 1.86. The van der Waals surface area contributed by atoms with Crippen LogP contribution in [-0.4, -0.2) is 34.9 Å². The lowest BCUT2D eigenvalue weighted by atomic mass is 10.1. The van der Waals surface area contributed by atoms with Crippen molar-refractivity contribution in [1.82, 2.24) is 14.8 Å². The molecule has 0 unspecified atom stereocenters. The fraction of sp³-hybridized carbons (Fsp3) is 0.136. The van der Waals surface area contributed by atoms with Crippen molar-refractivity contribution in [3.8, 4) is 28.4 Å². The SMILES string of the molecule is COc1ccc(OC)c(-c2csc(NC(=O)c3cnn(-c4ccc(Br)cc4)c3C)n2)c1. The molecule has 0 radical (unpaired) electrons. The van der Waals surface area contributed by atoms with Crippen LogP contribution in [0.5, 0.6) is 11.5 Å². The summed E-state index contributed by atoms with van der Waals surface area (Å²) in [6.07, 6.45) is 1.56. The van der Waals surface area contributed by atoms with E-state index in [1.807, 2.05) is 54.8 Å². The summed E-state index contributed by atoms with van der Waals surface area (Å²) < 4.78 is 13.4. The number of thiazole rings is 1. The van der Waals surface area contributed by atoms with E-state index in [2.05, 4.69) is 31.3 Å². The van der Waals surface area contributed by atoms with E-state index in [0.29, 0.717) is 27.9 Å². The first-order valence-electron chi connectivity index (χ1n) is 9.30. The molecule has 31 heavy (non-hydrogen) atoms. The lowest BCUT2D eigenvalue weighted by Crippen LogP contribution is -2.13. The van der Waals surface area contributed by atoms with Gasteiger partial charge in [-0.05, 0) is 49.4 Å². The third-order valence-corrected chi connectivity index (χ3v) is 6.02. The van der Waals surface area contributed by atoms with Gasteiger partial charge in [0.2, 0.25) is 0 Å². The highest BCUT2D eigenvalue weighted by Crippen LogP contribution is 2.35. The minimum atomic E-state index is -0.264. The fourth-order valence-electron chi connectivity index (χ4n) is 3.11. The molecule has 158 valence electrons. The van der Waals surface area contributed by atoms with Gasteiger partial charge in [-0.3, -0.25) is 10.1 Å². The number of carbonyl (C=O) groups is 1. The number of halogens is 1. The number of hydrogen-bond donors (Lipinski definition) is 1. The highest BCUT2D eigenvalue weighted by molar-refractivity contribution is 9.10. The summed E-state index contributed by atoms with van der Waals surface area (Å²) in [4.78, 5) is 17.4. The summed E-state index contributed by atoms with van der Waals surface area (Å²) in [6, 6.07) is 13.2. The first kappa shape index (κ1) is 21.1. The van der Waals surface area contributed by atoms with Crippen molar-refractivity contribution in [3.05, 3.63) is 69.8 Å². The van der Waals surface area contributed by atoms with E-state index in [-0.39, 0.29) is 5.91 Å². The predicted octanol–water partition coefficient (Wildman–Crippen LogP) is 5.34. The smallest absolute Gasteiger partial charge is 0.260 e. The molecule has 9 heteroatoms. The van der Waals surface area contributed by atoms with E-state index in [0.717, 1.165) is 21.4 Å². The molecular weight excluding hydrogens is 480 g/mol. The lowest BCUT2D eigenvalue weighted by molar-refractivity contribution is 0.102. The Morgan fingerprint density at radius 1 is 1.13 bits per heavy atom. The summed E-state index contributed by atoms with van der Waals surface area (Å²) in [5, 5.41) is 9.58. The van der Waals surface area contributed by atoms with E-state index < -0.39 is 0 Å². The van der Waals surface area contributed by atoms with Gasteiger partial charge in [0.15, 0.2) is 5.13 Å². The molecule has 7 nitrogen and oxygen atoms in total. The van der Waals surface area contributed by atoms with Crippen molar-refractivity contribution < 1.29 is 14.3 Å². The van der Waals surface area contributed by atoms with Crippen LogP contribution in [0.4, 0.5) is 5.13 Å². The maximum absolute atomic E-state index is 12.9. The first-order chi connectivity index (χ1) is 15.0. The van der Waals surface area contributed by atoms with Crippen molar-refractivity contribution in [2.45, 2.75) is 6.92 Å². The molecule has 4 rings (SSSR count). The molecule has 0 aliphatic rings. The second-order valence-electron chi connectivity index (χ2n) is 6.59. The number of anilines is 1. The van der Waals surface area contributed by atoms with Gasteiger partial charge in [0, 0.05) is 15.4 Å². The number of nitrogens with one attached hydrogen (secondary N) is 1. The number of ether oxygens (including phenoxy) is 2. The normalized spacial score (nSPS) is 10.7. The Kier molecular flexibility index (Phi) is 6.06. The Hall–Kier alpha value is -3.17. The van der Waals surface area contributed by atoms with E-state index in [9.17, 15) is 4.79 Å². The van der Waals surface area contributed by atoms with Crippen molar-refractivity contribution in [3.63, 3.8) is 0 Å². The second-order valence-corrected chi connectivity index (χ2v) is 8.36.